The monoisotopic (exact) mass is 589 g/mol. The lowest BCUT2D eigenvalue weighted by Gasteiger charge is -2.29. The fraction of sp³-hybridized carbons (Fsp3) is 0.452. The maximum absolute atomic E-state index is 13.4. The normalized spacial score (nSPS) is 20.1. The highest BCUT2D eigenvalue weighted by Crippen LogP contribution is 2.20. The van der Waals surface area contributed by atoms with Crippen molar-refractivity contribution in [1.29, 1.82) is 0 Å². The number of carbonyl (C=O) groups is 4. The average Bonchev–Trinajstić information content (AvgIpc) is 3.44. The third kappa shape index (κ3) is 8.10. The highest BCUT2D eigenvalue weighted by molar-refractivity contribution is 5.97. The summed E-state index contributed by atoms with van der Waals surface area (Å²) < 4.78 is 5.41. The van der Waals surface area contributed by atoms with Crippen molar-refractivity contribution in [1.82, 2.24) is 30.8 Å². The van der Waals surface area contributed by atoms with Crippen molar-refractivity contribution < 1.29 is 23.9 Å². The predicted octanol–water partition coefficient (Wildman–Crippen LogP) is 1.60. The quantitative estimate of drug-likeness (QED) is 0.311. The molecule has 1 saturated heterocycles. The number of hydrogen-bond donors (Lipinski definition) is 5. The molecule has 4 heterocycles. The Morgan fingerprint density at radius 1 is 0.930 bits per heavy atom. The van der Waals surface area contributed by atoms with Gasteiger partial charge in [-0.05, 0) is 49.4 Å². The SMILES string of the molecule is O=C1CN(C(=O)C2CCOCC2)CCCCNC(=O)[C@H](Cc2c[nH]c3ccccc23)NC(=O)c2cccc(n2)NCCN1. The Hall–Kier alpha value is -4.45. The summed E-state index contributed by atoms with van der Waals surface area (Å²) in [7, 11) is 0. The van der Waals surface area contributed by atoms with E-state index in [0.717, 1.165) is 16.5 Å². The molecule has 0 saturated carbocycles. The number of hydrogen-bond acceptors (Lipinski definition) is 7. The molecule has 2 aromatic heterocycles. The molecule has 43 heavy (non-hydrogen) atoms. The van der Waals surface area contributed by atoms with Gasteiger partial charge in [-0.2, -0.15) is 0 Å². The number of aromatic nitrogens is 2. The summed E-state index contributed by atoms with van der Waals surface area (Å²) in [4.78, 5) is 61.9. The maximum Gasteiger partial charge on any atom is 0.270 e. The van der Waals surface area contributed by atoms with E-state index in [9.17, 15) is 19.2 Å². The van der Waals surface area contributed by atoms with Crippen LogP contribution in [0, 0.1) is 5.92 Å². The number of carbonyl (C=O) groups excluding carboxylic acids is 4. The lowest BCUT2D eigenvalue weighted by atomic mass is 9.98. The minimum absolute atomic E-state index is 0.0264. The van der Waals surface area contributed by atoms with Gasteiger partial charge >= 0.3 is 0 Å². The molecule has 1 atom stereocenters. The molecule has 4 amide bonds. The van der Waals surface area contributed by atoms with Crippen LogP contribution in [0.3, 0.4) is 0 Å². The summed E-state index contributed by atoms with van der Waals surface area (Å²) in [5, 5.41) is 12.8. The molecule has 0 aliphatic carbocycles. The number of pyridine rings is 1. The highest BCUT2D eigenvalue weighted by atomic mass is 16.5. The number of ether oxygens (including phenoxy) is 1. The number of fused-ring (bicyclic) bond motifs is 3. The lowest BCUT2D eigenvalue weighted by molar-refractivity contribution is -0.142. The number of amides is 4. The van der Waals surface area contributed by atoms with Crippen LogP contribution in [-0.4, -0.2) is 90.5 Å². The molecular formula is C31H39N7O5. The van der Waals surface area contributed by atoms with E-state index in [0.29, 0.717) is 77.3 Å². The van der Waals surface area contributed by atoms with Gasteiger partial charge in [0.05, 0.1) is 6.54 Å². The van der Waals surface area contributed by atoms with Crippen LogP contribution in [0.1, 0.15) is 41.7 Å². The Kier molecular flexibility index (Phi) is 10.2. The number of aromatic amines is 1. The van der Waals surface area contributed by atoms with Gasteiger partial charge in [-0.1, -0.05) is 24.3 Å². The third-order valence-electron chi connectivity index (χ3n) is 7.83. The average molecular weight is 590 g/mol. The van der Waals surface area contributed by atoms with E-state index < -0.39 is 11.9 Å². The first-order valence-electron chi connectivity index (χ1n) is 15.0. The zero-order valence-electron chi connectivity index (χ0n) is 24.2. The van der Waals surface area contributed by atoms with Gasteiger partial charge in [0.2, 0.25) is 17.7 Å². The number of nitrogens with one attached hydrogen (secondary N) is 5. The first-order valence-corrected chi connectivity index (χ1v) is 15.0. The van der Waals surface area contributed by atoms with Gasteiger partial charge in [0, 0.05) is 68.8 Å². The number of anilines is 1. The highest BCUT2D eigenvalue weighted by Gasteiger charge is 2.28. The Morgan fingerprint density at radius 2 is 1.74 bits per heavy atom. The summed E-state index contributed by atoms with van der Waals surface area (Å²) in [6.45, 7) is 2.52. The van der Waals surface area contributed by atoms with Gasteiger partial charge in [0.15, 0.2) is 0 Å². The first kappa shape index (κ1) is 30.0. The number of benzene rings is 1. The van der Waals surface area contributed by atoms with Crippen LogP contribution in [0.4, 0.5) is 5.82 Å². The molecule has 0 spiro atoms. The fourth-order valence-electron chi connectivity index (χ4n) is 5.48. The summed E-state index contributed by atoms with van der Waals surface area (Å²) >= 11 is 0. The third-order valence-corrected chi connectivity index (χ3v) is 7.83. The molecule has 2 bridgehead atoms. The summed E-state index contributed by atoms with van der Waals surface area (Å²) in [5.41, 5.74) is 2.04. The molecule has 2 aliphatic rings. The Morgan fingerprint density at radius 3 is 2.60 bits per heavy atom. The Labute approximate surface area is 250 Å². The molecule has 228 valence electrons. The molecule has 1 aromatic carbocycles. The van der Waals surface area contributed by atoms with Crippen molar-refractivity contribution in [2.24, 2.45) is 5.92 Å². The van der Waals surface area contributed by atoms with Gasteiger partial charge < -0.3 is 35.9 Å². The standard InChI is InChI=1S/C31H39N7O5/c39-28-20-38(31(42)21-10-16-43-17-11-21)15-4-3-12-34-29(40)26(18-22-19-35-24-7-2-1-6-23(22)24)37-30(41)25-8-5-9-27(36-25)32-13-14-33-28/h1-2,5-9,19,21,26,35H,3-4,10-18,20H2,(H,32,36)(H,33,39)(H,34,40)(H,37,41)/t26-/m0/s1. The van der Waals surface area contributed by atoms with Crippen molar-refractivity contribution >= 4 is 40.3 Å². The number of para-hydroxylation sites is 1. The second kappa shape index (κ2) is 14.6. The summed E-state index contributed by atoms with van der Waals surface area (Å²) in [6, 6.07) is 12.0. The van der Waals surface area contributed by atoms with Crippen molar-refractivity contribution in [3.8, 4) is 0 Å². The van der Waals surface area contributed by atoms with E-state index in [2.05, 4.69) is 31.2 Å². The zero-order chi connectivity index (χ0) is 30.0. The molecule has 2 aliphatic heterocycles. The van der Waals surface area contributed by atoms with E-state index in [4.69, 9.17) is 4.74 Å². The van der Waals surface area contributed by atoms with Crippen LogP contribution in [0.2, 0.25) is 0 Å². The first-order chi connectivity index (χ1) is 21.0. The topological polar surface area (TPSA) is 158 Å². The lowest BCUT2D eigenvalue weighted by Crippen LogP contribution is -2.48. The number of H-pyrrole nitrogens is 1. The molecule has 5 N–H and O–H groups in total. The van der Waals surface area contributed by atoms with Gasteiger partial charge in [-0.15, -0.1) is 0 Å². The minimum atomic E-state index is -0.833. The van der Waals surface area contributed by atoms with Crippen molar-refractivity contribution in [3.05, 3.63) is 59.9 Å². The molecule has 12 nitrogen and oxygen atoms in total. The molecule has 1 fully saturated rings. The summed E-state index contributed by atoms with van der Waals surface area (Å²) in [6.07, 6.45) is 4.66. The van der Waals surface area contributed by atoms with Crippen LogP contribution in [0.15, 0.2) is 48.7 Å². The van der Waals surface area contributed by atoms with Crippen molar-refractivity contribution in [2.45, 2.75) is 38.1 Å². The van der Waals surface area contributed by atoms with E-state index in [1.165, 1.54) is 0 Å². The Bertz CT molecular complexity index is 1430. The van der Waals surface area contributed by atoms with Crippen LogP contribution in [0.25, 0.3) is 10.9 Å². The van der Waals surface area contributed by atoms with Gasteiger partial charge in [0.25, 0.3) is 5.91 Å². The van der Waals surface area contributed by atoms with E-state index in [1.54, 1.807) is 23.1 Å². The van der Waals surface area contributed by atoms with E-state index in [1.807, 2.05) is 30.5 Å². The maximum atomic E-state index is 13.4. The minimum Gasteiger partial charge on any atom is -0.381 e. The van der Waals surface area contributed by atoms with E-state index >= 15 is 0 Å². The van der Waals surface area contributed by atoms with Crippen LogP contribution in [-0.2, 0) is 25.5 Å². The van der Waals surface area contributed by atoms with Crippen LogP contribution >= 0.6 is 0 Å². The molecule has 3 aromatic rings. The fourth-order valence-corrected chi connectivity index (χ4v) is 5.48. The predicted molar refractivity (Wildman–Crippen MR) is 161 cm³/mol. The van der Waals surface area contributed by atoms with E-state index in [-0.39, 0.29) is 35.9 Å². The largest absolute Gasteiger partial charge is 0.381 e. The van der Waals surface area contributed by atoms with Gasteiger partial charge in [-0.3, -0.25) is 19.2 Å². The van der Waals surface area contributed by atoms with Crippen LogP contribution < -0.4 is 21.3 Å². The second-order valence-corrected chi connectivity index (χ2v) is 10.9. The van der Waals surface area contributed by atoms with Gasteiger partial charge in [-0.25, -0.2) is 4.98 Å². The van der Waals surface area contributed by atoms with Crippen molar-refractivity contribution in [2.75, 3.05) is 51.3 Å². The summed E-state index contributed by atoms with van der Waals surface area (Å²) in [5.74, 6) is -0.730. The van der Waals surface area contributed by atoms with Gasteiger partial charge in [0.1, 0.15) is 17.6 Å². The zero-order valence-corrected chi connectivity index (χ0v) is 24.2. The van der Waals surface area contributed by atoms with Crippen molar-refractivity contribution in [3.63, 3.8) is 0 Å². The smallest absolute Gasteiger partial charge is 0.270 e. The Balaban J connectivity index is 1.31. The molecule has 12 heteroatoms. The molecule has 0 radical (unpaired) electrons. The van der Waals surface area contributed by atoms with Crippen LogP contribution in [0.5, 0.6) is 0 Å². The molecule has 0 unspecified atom stereocenters. The number of nitrogens with zero attached hydrogens (tertiary/aromatic N) is 2. The molecular weight excluding hydrogens is 550 g/mol. The number of rotatable bonds is 3. The second-order valence-electron chi connectivity index (χ2n) is 10.9. The molecule has 5 rings (SSSR count).